The van der Waals surface area contributed by atoms with Gasteiger partial charge in [-0.15, -0.1) is 0 Å². The Kier molecular flexibility index (Phi) is 7.08. The molecule has 0 saturated carbocycles. The molecule has 3 heterocycles. The second-order valence-electron chi connectivity index (χ2n) is 8.01. The molecule has 6 nitrogen and oxygen atoms in total. The van der Waals surface area contributed by atoms with E-state index < -0.39 is 15.9 Å². The third-order valence-corrected chi connectivity index (χ3v) is 7.30. The zero-order valence-electron chi connectivity index (χ0n) is 16.7. The predicted octanol–water partition coefficient (Wildman–Crippen LogP) is 4.03. The second kappa shape index (κ2) is 9.50. The van der Waals surface area contributed by atoms with Crippen molar-refractivity contribution in [3.05, 3.63) is 68.5 Å². The van der Waals surface area contributed by atoms with E-state index in [9.17, 15) is 9.59 Å². The Morgan fingerprint density at radius 3 is 2.50 bits per heavy atom. The number of nitrogens with one attached hydrogen (secondary N) is 2. The van der Waals surface area contributed by atoms with Gasteiger partial charge in [0.1, 0.15) is 6.17 Å². The van der Waals surface area contributed by atoms with Gasteiger partial charge in [0.2, 0.25) is 3.79 Å². The molecule has 3 unspecified atom stereocenters. The number of likely N-dealkylation sites (tertiary alicyclic amines) is 1. The van der Waals surface area contributed by atoms with E-state index in [2.05, 4.69) is 26.6 Å². The number of pyridine rings is 1. The minimum absolute atomic E-state index is 0.0262. The third kappa shape index (κ3) is 5.25. The Bertz CT molecular complexity index is 1090. The molecule has 2 aliphatic rings. The van der Waals surface area contributed by atoms with E-state index in [0.717, 1.165) is 16.6 Å². The summed E-state index contributed by atoms with van der Waals surface area (Å²) < 4.78 is 0.876. The van der Waals surface area contributed by atoms with Crippen molar-refractivity contribution in [2.45, 2.75) is 28.8 Å². The Balaban J connectivity index is 1.47. The fraction of sp³-hybridized carbons (Fsp3) is 0.381. The summed E-state index contributed by atoms with van der Waals surface area (Å²) in [6.07, 6.45) is -0.0376. The van der Waals surface area contributed by atoms with Crippen molar-refractivity contribution < 1.29 is 4.79 Å². The van der Waals surface area contributed by atoms with Crippen LogP contribution in [0.1, 0.15) is 28.4 Å². The van der Waals surface area contributed by atoms with Crippen molar-refractivity contribution >= 4 is 74.0 Å². The molecule has 1 aromatic heterocycles. The Labute approximate surface area is 214 Å². The fourth-order valence-electron chi connectivity index (χ4n) is 4.29. The summed E-state index contributed by atoms with van der Waals surface area (Å²) in [6.45, 7) is 1.97. The lowest BCUT2D eigenvalue weighted by molar-refractivity contribution is 0.0932. The van der Waals surface area contributed by atoms with Gasteiger partial charge in [-0.3, -0.25) is 9.59 Å². The molecule has 2 bridgehead atoms. The van der Waals surface area contributed by atoms with Crippen molar-refractivity contribution in [1.29, 1.82) is 0 Å². The van der Waals surface area contributed by atoms with Crippen LogP contribution in [0.15, 0.2) is 51.7 Å². The molecule has 170 valence electrons. The van der Waals surface area contributed by atoms with Crippen LogP contribution in [-0.2, 0) is 6.54 Å². The molecule has 0 aliphatic carbocycles. The molecule has 0 spiro atoms. The van der Waals surface area contributed by atoms with E-state index in [4.69, 9.17) is 47.0 Å². The normalized spacial score (nSPS) is 20.8. The second-order valence-corrected chi connectivity index (χ2v) is 11.7. The summed E-state index contributed by atoms with van der Waals surface area (Å²) in [5.74, 6) is 0.0670. The number of carbonyl (C=O) groups is 1. The molecule has 1 saturated heterocycles. The molecule has 2 aromatic rings. The maximum absolute atomic E-state index is 12.7. The van der Waals surface area contributed by atoms with Crippen LogP contribution in [0.5, 0.6) is 0 Å². The molecule has 1 amide bonds. The van der Waals surface area contributed by atoms with E-state index in [1.807, 2.05) is 15.5 Å². The van der Waals surface area contributed by atoms with Gasteiger partial charge in [0.05, 0.1) is 0 Å². The van der Waals surface area contributed by atoms with E-state index in [0.29, 0.717) is 30.3 Å². The molecule has 2 N–H and O–H groups in total. The number of hydrogen-bond acceptors (Lipinski definition) is 3. The highest BCUT2D eigenvalue weighted by Gasteiger charge is 2.39. The summed E-state index contributed by atoms with van der Waals surface area (Å²) in [4.78, 5) is 26.9. The van der Waals surface area contributed by atoms with Gasteiger partial charge in [-0.1, -0.05) is 56.8 Å². The number of nitrogens with zero attached hydrogens (tertiary/aromatic N) is 2. The lowest BCUT2D eigenvalue weighted by Gasteiger charge is -2.44. The molecule has 0 radical (unpaired) electrons. The van der Waals surface area contributed by atoms with E-state index in [-0.39, 0.29) is 17.4 Å². The average molecular weight is 579 g/mol. The number of benzene rings is 1. The first-order chi connectivity index (χ1) is 15.1. The van der Waals surface area contributed by atoms with Gasteiger partial charge in [0, 0.05) is 47.3 Å². The quantitative estimate of drug-likeness (QED) is 0.327. The molecule has 11 heteroatoms. The number of aromatic nitrogens is 1. The van der Waals surface area contributed by atoms with Crippen LogP contribution in [-0.4, -0.2) is 43.5 Å². The summed E-state index contributed by atoms with van der Waals surface area (Å²) in [7, 11) is 0. The number of hydrogen-bond donors (Lipinski definition) is 2. The molecule has 3 atom stereocenters. The number of rotatable bonds is 3. The van der Waals surface area contributed by atoms with Crippen LogP contribution in [0.25, 0.3) is 0 Å². The average Bonchev–Trinajstić information content (AvgIpc) is 2.73. The van der Waals surface area contributed by atoms with E-state index in [1.165, 1.54) is 0 Å². The number of fused-ring (bicyclic) bond motifs is 4. The molecule has 1 aromatic carbocycles. The highest BCUT2D eigenvalue weighted by molar-refractivity contribution is 9.10. The number of piperidine rings is 1. The number of thiocarbonyl (C=S) groups is 1. The standard InChI is InChI=1S/C21H20BrCl3N4O2S/c22-15-6-4-13(5-7-15)18(31)26-19(21(23,24)25)27-20(32)28-9-12-8-14(11-28)16-2-1-3-17(30)29(16)10-12/h1-7,12,14,19H,8-11H2,(H,26,31)(H,27,32). The minimum atomic E-state index is -1.83. The molecule has 2 aliphatic heterocycles. The Morgan fingerprint density at radius 2 is 1.81 bits per heavy atom. The van der Waals surface area contributed by atoms with Crippen LogP contribution in [0.4, 0.5) is 0 Å². The first-order valence-corrected chi connectivity index (χ1v) is 12.3. The van der Waals surface area contributed by atoms with Gasteiger partial charge < -0.3 is 20.1 Å². The third-order valence-electron chi connectivity index (χ3n) is 5.74. The lowest BCUT2D eigenvalue weighted by Crippen LogP contribution is -2.60. The smallest absolute Gasteiger partial charge is 0.252 e. The number of halogens is 4. The van der Waals surface area contributed by atoms with Crippen molar-refractivity contribution in [3.8, 4) is 0 Å². The van der Waals surface area contributed by atoms with Crippen molar-refractivity contribution in [2.75, 3.05) is 13.1 Å². The topological polar surface area (TPSA) is 66.4 Å². The van der Waals surface area contributed by atoms with Crippen LogP contribution >= 0.6 is 63.0 Å². The minimum Gasteiger partial charge on any atom is -0.348 e. The molecular weight excluding hydrogens is 559 g/mol. The monoisotopic (exact) mass is 576 g/mol. The maximum Gasteiger partial charge on any atom is 0.252 e. The summed E-state index contributed by atoms with van der Waals surface area (Å²) >= 11 is 27.4. The maximum atomic E-state index is 12.7. The first kappa shape index (κ1) is 23.8. The molecule has 32 heavy (non-hydrogen) atoms. The molecule has 4 rings (SSSR count). The van der Waals surface area contributed by atoms with Crippen LogP contribution in [0.2, 0.25) is 0 Å². The summed E-state index contributed by atoms with van der Waals surface area (Å²) in [6, 6.07) is 12.2. The van der Waals surface area contributed by atoms with Crippen LogP contribution in [0.3, 0.4) is 0 Å². The van der Waals surface area contributed by atoms with E-state index >= 15 is 0 Å². The van der Waals surface area contributed by atoms with Gasteiger partial charge in [-0.05, 0) is 54.9 Å². The summed E-state index contributed by atoms with van der Waals surface area (Å²) in [5, 5.41) is 6.12. The Morgan fingerprint density at radius 1 is 1.09 bits per heavy atom. The fourth-order valence-corrected chi connectivity index (χ4v) is 5.15. The summed E-state index contributed by atoms with van der Waals surface area (Å²) in [5.41, 5.74) is 1.47. The van der Waals surface area contributed by atoms with Crippen LogP contribution < -0.4 is 16.2 Å². The van der Waals surface area contributed by atoms with Crippen LogP contribution in [0, 0.1) is 5.92 Å². The predicted molar refractivity (Wildman–Crippen MR) is 135 cm³/mol. The van der Waals surface area contributed by atoms with E-state index in [1.54, 1.807) is 36.4 Å². The van der Waals surface area contributed by atoms with Crippen molar-refractivity contribution in [2.24, 2.45) is 5.92 Å². The number of carbonyl (C=O) groups excluding carboxylic acids is 1. The SMILES string of the molecule is O=C(NC(NC(=S)N1CC2CC(C1)c1cccc(=O)n1C2)C(Cl)(Cl)Cl)c1ccc(Br)cc1. The Hall–Kier alpha value is -1.32. The first-order valence-electron chi connectivity index (χ1n) is 10.00. The van der Waals surface area contributed by atoms with Gasteiger partial charge in [0.25, 0.3) is 11.5 Å². The lowest BCUT2D eigenvalue weighted by atomic mass is 9.83. The van der Waals surface area contributed by atoms with Gasteiger partial charge in [-0.2, -0.15) is 0 Å². The zero-order valence-corrected chi connectivity index (χ0v) is 21.4. The van der Waals surface area contributed by atoms with Gasteiger partial charge >= 0.3 is 0 Å². The highest BCUT2D eigenvalue weighted by atomic mass is 79.9. The van der Waals surface area contributed by atoms with Crippen molar-refractivity contribution in [3.63, 3.8) is 0 Å². The molecule has 1 fully saturated rings. The number of amides is 1. The van der Waals surface area contributed by atoms with Crippen molar-refractivity contribution in [1.82, 2.24) is 20.1 Å². The van der Waals surface area contributed by atoms with Gasteiger partial charge in [0.15, 0.2) is 5.11 Å². The van der Waals surface area contributed by atoms with Gasteiger partial charge in [-0.25, -0.2) is 0 Å². The largest absolute Gasteiger partial charge is 0.348 e. The zero-order chi connectivity index (χ0) is 23.0. The number of alkyl halides is 3. The molecular formula is C21H20BrCl3N4O2S. The highest BCUT2D eigenvalue weighted by Crippen LogP contribution is 2.35.